The lowest BCUT2D eigenvalue weighted by molar-refractivity contribution is 0.0696. The molecule has 2 aromatic rings. The van der Waals surface area contributed by atoms with E-state index in [1.165, 1.54) is 11.8 Å². The number of rotatable bonds is 3. The molecule has 1 heterocycles. The van der Waals surface area contributed by atoms with Gasteiger partial charge in [0.25, 0.3) is 0 Å². The number of carboxylic acid groups (broad SMARTS) is 1. The van der Waals surface area contributed by atoms with Gasteiger partial charge in [0.05, 0.1) is 5.56 Å². The molecule has 0 spiro atoms. The summed E-state index contributed by atoms with van der Waals surface area (Å²) in [4.78, 5) is 20.0. The zero-order valence-corrected chi connectivity index (χ0v) is 9.94. The topological polar surface area (TPSA) is 63.1 Å². The fourth-order valence-corrected chi connectivity index (χ4v) is 2.12. The minimum absolute atomic E-state index is 0.266. The first kappa shape index (κ1) is 11.6. The highest BCUT2D eigenvalue weighted by molar-refractivity contribution is 7.99. The second-order valence-electron chi connectivity index (χ2n) is 3.42. The second-order valence-corrected chi connectivity index (χ2v) is 4.46. The van der Waals surface area contributed by atoms with E-state index in [1.54, 1.807) is 24.4 Å². The molecule has 0 unspecified atom stereocenters. The molecule has 0 aliphatic rings. The molecule has 1 aromatic heterocycles. The van der Waals surface area contributed by atoms with Gasteiger partial charge in [-0.2, -0.15) is 0 Å². The second kappa shape index (κ2) is 4.97. The van der Waals surface area contributed by atoms with Gasteiger partial charge in [0.2, 0.25) is 0 Å². The van der Waals surface area contributed by atoms with Crippen molar-refractivity contribution in [3.05, 3.63) is 47.8 Å². The molecule has 0 aliphatic heterocycles. The van der Waals surface area contributed by atoms with Crippen LogP contribution in [-0.2, 0) is 0 Å². The number of hydrogen-bond acceptors (Lipinski definition) is 4. The molecule has 0 fully saturated rings. The Labute approximate surface area is 103 Å². The van der Waals surface area contributed by atoms with Gasteiger partial charge in [0.1, 0.15) is 0 Å². The van der Waals surface area contributed by atoms with Crippen LogP contribution in [0.4, 0.5) is 0 Å². The van der Waals surface area contributed by atoms with Crippen LogP contribution in [0.2, 0.25) is 0 Å². The molecular weight excluding hydrogens is 236 g/mol. The van der Waals surface area contributed by atoms with Gasteiger partial charge >= 0.3 is 5.97 Å². The van der Waals surface area contributed by atoms with Crippen LogP contribution in [0.25, 0.3) is 0 Å². The van der Waals surface area contributed by atoms with E-state index >= 15 is 0 Å². The summed E-state index contributed by atoms with van der Waals surface area (Å²) in [5, 5.41) is 9.50. The number of carboxylic acids is 1. The molecular formula is C12H10N2O2S. The van der Waals surface area contributed by atoms with Crippen LogP contribution in [0.15, 0.2) is 46.6 Å². The molecule has 0 atom stereocenters. The summed E-state index contributed by atoms with van der Waals surface area (Å²) in [6.45, 7) is 1.89. The zero-order valence-electron chi connectivity index (χ0n) is 9.12. The molecule has 0 aliphatic carbocycles. The lowest BCUT2D eigenvalue weighted by atomic mass is 10.2. The smallest absolute Gasteiger partial charge is 0.335 e. The summed E-state index contributed by atoms with van der Waals surface area (Å²) >= 11 is 1.35. The Morgan fingerprint density at radius 2 is 2.18 bits per heavy atom. The van der Waals surface area contributed by atoms with Crippen molar-refractivity contribution in [1.82, 2.24) is 9.97 Å². The van der Waals surface area contributed by atoms with Crippen LogP contribution >= 0.6 is 11.8 Å². The first-order valence-electron chi connectivity index (χ1n) is 4.96. The van der Waals surface area contributed by atoms with Gasteiger partial charge in [-0.1, -0.05) is 6.07 Å². The molecule has 5 heteroatoms. The first-order valence-corrected chi connectivity index (χ1v) is 5.77. The van der Waals surface area contributed by atoms with Gasteiger partial charge < -0.3 is 5.11 Å². The third-order valence-electron chi connectivity index (χ3n) is 2.06. The van der Waals surface area contributed by atoms with Crippen molar-refractivity contribution in [3.63, 3.8) is 0 Å². The van der Waals surface area contributed by atoms with Crippen LogP contribution in [0.5, 0.6) is 0 Å². The quantitative estimate of drug-likeness (QED) is 0.843. The highest BCUT2D eigenvalue weighted by atomic mass is 32.2. The maximum absolute atomic E-state index is 10.8. The van der Waals surface area contributed by atoms with Crippen LogP contribution in [0, 0.1) is 6.92 Å². The maximum atomic E-state index is 10.8. The van der Waals surface area contributed by atoms with Gasteiger partial charge in [-0.15, -0.1) is 0 Å². The molecule has 0 radical (unpaired) electrons. The Morgan fingerprint density at radius 1 is 1.35 bits per heavy atom. The Hall–Kier alpha value is -1.88. The van der Waals surface area contributed by atoms with E-state index in [0.29, 0.717) is 5.16 Å². The van der Waals surface area contributed by atoms with E-state index in [1.807, 2.05) is 19.1 Å². The van der Waals surface area contributed by atoms with Crippen LogP contribution in [0.3, 0.4) is 0 Å². The lowest BCUT2D eigenvalue weighted by Gasteiger charge is -2.01. The van der Waals surface area contributed by atoms with Gasteiger partial charge in [0.15, 0.2) is 5.16 Å². The van der Waals surface area contributed by atoms with Gasteiger partial charge in [0, 0.05) is 16.8 Å². The fraction of sp³-hybridized carbons (Fsp3) is 0.0833. The van der Waals surface area contributed by atoms with Crippen LogP contribution in [-0.4, -0.2) is 21.0 Å². The predicted octanol–water partition coefficient (Wildman–Crippen LogP) is 2.63. The number of benzene rings is 1. The number of hydrogen-bond donors (Lipinski definition) is 1. The summed E-state index contributed by atoms with van der Waals surface area (Å²) in [6, 6.07) is 8.53. The molecule has 1 N–H and O–H groups in total. The molecule has 0 amide bonds. The van der Waals surface area contributed by atoms with Crippen molar-refractivity contribution >= 4 is 17.7 Å². The Kier molecular flexibility index (Phi) is 3.39. The average molecular weight is 246 g/mol. The lowest BCUT2D eigenvalue weighted by Crippen LogP contribution is -1.95. The molecule has 17 heavy (non-hydrogen) atoms. The Bertz CT molecular complexity index is 558. The molecule has 4 nitrogen and oxygen atoms in total. The number of nitrogens with zero attached hydrogens (tertiary/aromatic N) is 2. The average Bonchev–Trinajstić information content (AvgIpc) is 2.29. The van der Waals surface area contributed by atoms with E-state index in [4.69, 9.17) is 5.11 Å². The third kappa shape index (κ3) is 3.04. The summed E-state index contributed by atoms with van der Waals surface area (Å²) < 4.78 is 0. The zero-order chi connectivity index (χ0) is 12.3. The highest BCUT2D eigenvalue weighted by Crippen LogP contribution is 2.25. The van der Waals surface area contributed by atoms with Crippen LogP contribution < -0.4 is 0 Å². The summed E-state index contributed by atoms with van der Waals surface area (Å²) in [5.74, 6) is -0.933. The molecule has 1 aromatic carbocycles. The van der Waals surface area contributed by atoms with Crippen molar-refractivity contribution in [2.24, 2.45) is 0 Å². The number of carbonyl (C=O) groups is 1. The minimum Gasteiger partial charge on any atom is -0.478 e. The Balaban J connectivity index is 2.24. The Morgan fingerprint density at radius 3 is 2.88 bits per heavy atom. The number of aromatic carboxylic acids is 1. The molecule has 0 saturated heterocycles. The summed E-state index contributed by atoms with van der Waals surface area (Å²) in [6.07, 6.45) is 1.69. The largest absolute Gasteiger partial charge is 0.478 e. The van der Waals surface area contributed by atoms with Gasteiger partial charge in [-0.3, -0.25) is 0 Å². The molecule has 2 rings (SSSR count). The van der Waals surface area contributed by atoms with Crippen LogP contribution in [0.1, 0.15) is 16.1 Å². The highest BCUT2D eigenvalue weighted by Gasteiger charge is 2.05. The van der Waals surface area contributed by atoms with Crippen molar-refractivity contribution in [2.45, 2.75) is 17.0 Å². The van der Waals surface area contributed by atoms with E-state index < -0.39 is 5.97 Å². The SMILES string of the molecule is Cc1ccnc(Sc2cccc(C(=O)O)c2)n1. The maximum Gasteiger partial charge on any atom is 0.335 e. The van der Waals surface area contributed by atoms with Crippen molar-refractivity contribution in [1.29, 1.82) is 0 Å². The van der Waals surface area contributed by atoms with E-state index in [-0.39, 0.29) is 5.56 Å². The molecule has 86 valence electrons. The normalized spacial score (nSPS) is 10.2. The summed E-state index contributed by atoms with van der Waals surface area (Å²) in [7, 11) is 0. The van der Waals surface area contributed by atoms with E-state index in [0.717, 1.165) is 10.6 Å². The standard InChI is InChI=1S/C12H10N2O2S/c1-8-5-6-13-12(14-8)17-10-4-2-3-9(7-10)11(15)16/h2-7H,1H3,(H,15,16). The van der Waals surface area contributed by atoms with Crippen molar-refractivity contribution < 1.29 is 9.90 Å². The summed E-state index contributed by atoms with van der Waals surface area (Å²) in [5.41, 5.74) is 1.15. The number of aromatic nitrogens is 2. The first-order chi connectivity index (χ1) is 8.15. The predicted molar refractivity (Wildman–Crippen MR) is 64.3 cm³/mol. The number of aryl methyl sites for hydroxylation is 1. The van der Waals surface area contributed by atoms with E-state index in [9.17, 15) is 4.79 Å². The van der Waals surface area contributed by atoms with E-state index in [2.05, 4.69) is 9.97 Å². The van der Waals surface area contributed by atoms with Gasteiger partial charge in [-0.05, 0) is 43.0 Å². The fourth-order valence-electron chi connectivity index (χ4n) is 1.27. The molecule has 0 bridgehead atoms. The van der Waals surface area contributed by atoms with Crippen molar-refractivity contribution in [3.8, 4) is 0 Å². The minimum atomic E-state index is -0.933. The third-order valence-corrected chi connectivity index (χ3v) is 2.93. The van der Waals surface area contributed by atoms with Gasteiger partial charge in [-0.25, -0.2) is 14.8 Å². The van der Waals surface area contributed by atoms with Crippen molar-refractivity contribution in [2.75, 3.05) is 0 Å². The monoisotopic (exact) mass is 246 g/mol. The molecule has 0 saturated carbocycles.